The summed E-state index contributed by atoms with van der Waals surface area (Å²) < 4.78 is 15.0. The fraction of sp³-hybridized carbons (Fsp3) is 0.100. The second kappa shape index (κ2) is 7.57. The summed E-state index contributed by atoms with van der Waals surface area (Å²) in [7, 11) is 0. The highest BCUT2D eigenvalue weighted by molar-refractivity contribution is 5.91. The van der Waals surface area contributed by atoms with Crippen molar-refractivity contribution in [2.45, 2.75) is 13.5 Å². The lowest BCUT2D eigenvalue weighted by molar-refractivity contribution is -0.116. The number of rotatable bonds is 5. The number of nitrogens with zero attached hydrogens (tertiary/aromatic N) is 2. The SMILES string of the molecule is Cc1cc(CNC(=O)/C=C/c2cnn(-c3ccccc3)c2)ccc1F. The molecule has 5 heteroatoms. The number of amides is 1. The van der Waals surface area contributed by atoms with Crippen LogP contribution >= 0.6 is 0 Å². The summed E-state index contributed by atoms with van der Waals surface area (Å²) in [5, 5.41) is 7.05. The van der Waals surface area contributed by atoms with Crippen LogP contribution in [0.1, 0.15) is 16.7 Å². The molecule has 25 heavy (non-hydrogen) atoms. The number of hydrogen-bond acceptors (Lipinski definition) is 2. The van der Waals surface area contributed by atoms with Crippen molar-refractivity contribution in [3.8, 4) is 5.69 Å². The topological polar surface area (TPSA) is 46.9 Å². The van der Waals surface area contributed by atoms with Gasteiger partial charge >= 0.3 is 0 Å². The maximum Gasteiger partial charge on any atom is 0.244 e. The van der Waals surface area contributed by atoms with Crippen molar-refractivity contribution in [2.75, 3.05) is 0 Å². The van der Waals surface area contributed by atoms with Crippen molar-refractivity contribution in [2.24, 2.45) is 0 Å². The Bertz CT molecular complexity index is 900. The summed E-state index contributed by atoms with van der Waals surface area (Å²) in [6, 6.07) is 14.5. The van der Waals surface area contributed by atoms with Crippen molar-refractivity contribution in [3.63, 3.8) is 0 Å². The first-order valence-corrected chi connectivity index (χ1v) is 7.93. The molecule has 1 amide bonds. The van der Waals surface area contributed by atoms with Gasteiger partial charge in [-0.2, -0.15) is 5.10 Å². The van der Waals surface area contributed by atoms with Crippen LogP contribution in [-0.2, 0) is 11.3 Å². The van der Waals surface area contributed by atoms with Crippen LogP contribution in [0, 0.1) is 12.7 Å². The molecule has 2 aromatic carbocycles. The van der Waals surface area contributed by atoms with Crippen LogP contribution in [-0.4, -0.2) is 15.7 Å². The molecule has 0 aliphatic heterocycles. The maximum atomic E-state index is 13.2. The third kappa shape index (κ3) is 4.41. The summed E-state index contributed by atoms with van der Waals surface area (Å²) >= 11 is 0. The van der Waals surface area contributed by atoms with Crippen LogP contribution in [0.15, 0.2) is 67.0 Å². The average molecular weight is 335 g/mol. The van der Waals surface area contributed by atoms with Crippen molar-refractivity contribution in [1.82, 2.24) is 15.1 Å². The Morgan fingerprint density at radius 1 is 1.24 bits per heavy atom. The second-order valence-electron chi connectivity index (χ2n) is 5.69. The molecule has 0 unspecified atom stereocenters. The van der Waals surface area contributed by atoms with Gasteiger partial charge in [-0.3, -0.25) is 4.79 Å². The Labute approximate surface area is 145 Å². The third-order valence-corrected chi connectivity index (χ3v) is 3.74. The summed E-state index contributed by atoms with van der Waals surface area (Å²) in [4.78, 5) is 11.9. The molecule has 0 atom stereocenters. The van der Waals surface area contributed by atoms with Crippen molar-refractivity contribution in [3.05, 3.63) is 89.5 Å². The highest BCUT2D eigenvalue weighted by Crippen LogP contribution is 2.10. The molecular weight excluding hydrogens is 317 g/mol. The van der Waals surface area contributed by atoms with Gasteiger partial charge in [0, 0.05) is 24.4 Å². The van der Waals surface area contributed by atoms with Gasteiger partial charge in [-0.05, 0) is 42.3 Å². The molecule has 1 N–H and O–H groups in total. The fourth-order valence-corrected chi connectivity index (χ4v) is 2.38. The van der Waals surface area contributed by atoms with Crippen LogP contribution in [0.3, 0.4) is 0 Å². The minimum atomic E-state index is -0.245. The van der Waals surface area contributed by atoms with Crippen LogP contribution in [0.5, 0.6) is 0 Å². The Balaban J connectivity index is 1.57. The Kier molecular flexibility index (Phi) is 5.04. The molecule has 3 rings (SSSR count). The van der Waals surface area contributed by atoms with E-state index in [9.17, 15) is 9.18 Å². The molecule has 0 saturated heterocycles. The molecule has 126 valence electrons. The predicted molar refractivity (Wildman–Crippen MR) is 95.6 cm³/mol. The van der Waals surface area contributed by atoms with Gasteiger partial charge in [0.25, 0.3) is 0 Å². The van der Waals surface area contributed by atoms with E-state index in [1.165, 1.54) is 12.1 Å². The van der Waals surface area contributed by atoms with Gasteiger partial charge in [0.05, 0.1) is 11.9 Å². The molecule has 3 aromatic rings. The number of aryl methyl sites for hydroxylation is 1. The van der Waals surface area contributed by atoms with Gasteiger partial charge in [-0.15, -0.1) is 0 Å². The van der Waals surface area contributed by atoms with Gasteiger partial charge in [0.1, 0.15) is 5.82 Å². The number of carbonyl (C=O) groups excluding carboxylic acids is 1. The second-order valence-corrected chi connectivity index (χ2v) is 5.69. The molecule has 0 saturated carbocycles. The lowest BCUT2D eigenvalue weighted by Gasteiger charge is -2.04. The zero-order chi connectivity index (χ0) is 17.6. The zero-order valence-electron chi connectivity index (χ0n) is 13.8. The smallest absolute Gasteiger partial charge is 0.244 e. The van der Waals surface area contributed by atoms with Gasteiger partial charge in [-0.1, -0.05) is 30.3 Å². The maximum absolute atomic E-state index is 13.2. The quantitative estimate of drug-likeness (QED) is 0.724. The van der Waals surface area contributed by atoms with E-state index in [0.29, 0.717) is 12.1 Å². The van der Waals surface area contributed by atoms with Crippen LogP contribution in [0.25, 0.3) is 11.8 Å². The van der Waals surface area contributed by atoms with E-state index in [-0.39, 0.29) is 11.7 Å². The standard InChI is InChI=1S/C20H18FN3O/c1-15-11-16(7-9-19(15)21)12-22-20(25)10-8-17-13-23-24(14-17)18-5-3-2-4-6-18/h2-11,13-14H,12H2,1H3,(H,22,25)/b10-8+. The number of aromatic nitrogens is 2. The molecule has 0 aliphatic rings. The van der Waals surface area contributed by atoms with Crippen LogP contribution < -0.4 is 5.32 Å². The zero-order valence-corrected chi connectivity index (χ0v) is 13.8. The molecule has 0 radical (unpaired) electrons. The molecule has 1 heterocycles. The molecule has 0 aliphatic carbocycles. The fourth-order valence-electron chi connectivity index (χ4n) is 2.38. The Morgan fingerprint density at radius 2 is 2.04 bits per heavy atom. The van der Waals surface area contributed by atoms with E-state index in [2.05, 4.69) is 10.4 Å². The summed E-state index contributed by atoms with van der Waals surface area (Å²) in [5.74, 6) is -0.458. The predicted octanol–water partition coefficient (Wildman–Crippen LogP) is 3.65. The van der Waals surface area contributed by atoms with Gasteiger partial charge in [-0.25, -0.2) is 9.07 Å². The average Bonchev–Trinajstić information content (AvgIpc) is 3.11. The molecule has 4 nitrogen and oxygen atoms in total. The van der Waals surface area contributed by atoms with E-state index in [1.807, 2.05) is 36.5 Å². The molecular formula is C20H18FN3O. The molecule has 0 spiro atoms. The van der Waals surface area contributed by atoms with E-state index >= 15 is 0 Å². The number of nitrogens with one attached hydrogen (secondary N) is 1. The van der Waals surface area contributed by atoms with E-state index < -0.39 is 0 Å². The number of carbonyl (C=O) groups is 1. The summed E-state index contributed by atoms with van der Waals surface area (Å²) in [6.45, 7) is 2.05. The van der Waals surface area contributed by atoms with Crippen LogP contribution in [0.2, 0.25) is 0 Å². The highest BCUT2D eigenvalue weighted by atomic mass is 19.1. The monoisotopic (exact) mass is 335 g/mol. The lowest BCUT2D eigenvalue weighted by Crippen LogP contribution is -2.20. The number of halogens is 1. The van der Waals surface area contributed by atoms with Crippen molar-refractivity contribution in [1.29, 1.82) is 0 Å². The molecule has 1 aromatic heterocycles. The number of hydrogen-bond donors (Lipinski definition) is 1. The first-order valence-electron chi connectivity index (χ1n) is 7.93. The van der Waals surface area contributed by atoms with Crippen molar-refractivity contribution >= 4 is 12.0 Å². The normalized spacial score (nSPS) is 11.0. The van der Waals surface area contributed by atoms with E-state index in [4.69, 9.17) is 0 Å². The number of para-hydroxylation sites is 1. The first-order chi connectivity index (χ1) is 12.1. The van der Waals surface area contributed by atoms with Crippen LogP contribution in [0.4, 0.5) is 4.39 Å². The van der Waals surface area contributed by atoms with Gasteiger partial charge in [0.15, 0.2) is 0 Å². The number of benzene rings is 2. The minimum Gasteiger partial charge on any atom is -0.348 e. The van der Waals surface area contributed by atoms with Crippen molar-refractivity contribution < 1.29 is 9.18 Å². The lowest BCUT2D eigenvalue weighted by atomic mass is 10.1. The van der Waals surface area contributed by atoms with E-state index in [0.717, 1.165) is 16.8 Å². The summed E-state index contributed by atoms with van der Waals surface area (Å²) in [6.07, 6.45) is 6.71. The first kappa shape index (κ1) is 16.6. The third-order valence-electron chi connectivity index (χ3n) is 3.74. The minimum absolute atomic E-state index is 0.213. The highest BCUT2D eigenvalue weighted by Gasteiger charge is 2.02. The van der Waals surface area contributed by atoms with Gasteiger partial charge < -0.3 is 5.32 Å². The largest absolute Gasteiger partial charge is 0.348 e. The van der Waals surface area contributed by atoms with E-state index in [1.54, 1.807) is 36.0 Å². The molecule has 0 bridgehead atoms. The Morgan fingerprint density at radius 3 is 2.80 bits per heavy atom. The summed E-state index contributed by atoms with van der Waals surface area (Å²) in [5.41, 5.74) is 3.21. The Hall–Kier alpha value is -3.21. The molecule has 0 fully saturated rings. The van der Waals surface area contributed by atoms with Gasteiger partial charge in [0.2, 0.25) is 5.91 Å².